The van der Waals surface area contributed by atoms with E-state index in [1.807, 2.05) is 0 Å². The number of fused-ring (bicyclic) bond motifs is 1. The summed E-state index contributed by atoms with van der Waals surface area (Å²) < 4.78 is 58.3. The summed E-state index contributed by atoms with van der Waals surface area (Å²) in [6.07, 6.45) is -4.30. The lowest BCUT2D eigenvalue weighted by Gasteiger charge is -2.21. The Morgan fingerprint density at radius 2 is 1.84 bits per heavy atom. The Morgan fingerprint density at radius 1 is 1.16 bits per heavy atom. The highest BCUT2D eigenvalue weighted by molar-refractivity contribution is 7.61. The molecule has 0 bridgehead atoms. The first-order valence-electron chi connectivity index (χ1n) is 8.31. The molecule has 3 rings (SSSR count). The van der Waals surface area contributed by atoms with Crippen LogP contribution < -0.4 is 5.73 Å². The molecule has 3 heterocycles. The van der Waals surface area contributed by atoms with Crippen LogP contribution in [0.3, 0.4) is 0 Å². The molecule has 2 aromatic heterocycles. The van der Waals surface area contributed by atoms with Crippen LogP contribution in [-0.4, -0.2) is 76.2 Å². The second-order valence-electron chi connectivity index (χ2n) is 6.20. The zero-order chi connectivity index (χ0) is 23.9. The van der Waals surface area contributed by atoms with Crippen LogP contribution in [0, 0.1) is 0 Å². The normalized spacial score (nSPS) is 27.9. The number of ether oxygens (including phenoxy) is 1. The van der Waals surface area contributed by atoms with Gasteiger partial charge in [0.25, 0.3) is 0 Å². The van der Waals surface area contributed by atoms with Gasteiger partial charge in [-0.05, 0) is 0 Å². The molecular weight excluding hydrogens is 503 g/mol. The molecule has 2 aromatic rings. The maximum Gasteiger partial charge on any atom is 0.481 e. The van der Waals surface area contributed by atoms with E-state index in [2.05, 4.69) is 32.8 Å². The number of rotatable bonds is 9. The quantitative estimate of drug-likeness (QED) is 0.216. The summed E-state index contributed by atoms with van der Waals surface area (Å²) in [7, 11) is -14.6. The van der Waals surface area contributed by atoms with E-state index in [4.69, 9.17) is 25.2 Å². The Bertz CT molecular complexity index is 1120. The first-order valence-corrected chi connectivity index (χ1v) is 12.8. The zero-order valence-electron chi connectivity index (χ0n) is 15.9. The van der Waals surface area contributed by atoms with Crippen molar-refractivity contribution in [2.24, 2.45) is 0 Å². The third-order valence-electron chi connectivity index (χ3n) is 4.07. The molecule has 0 aliphatic carbocycles. The number of imidazole rings is 1. The van der Waals surface area contributed by atoms with E-state index in [9.17, 15) is 23.7 Å². The fourth-order valence-corrected chi connectivity index (χ4v) is 5.19. The van der Waals surface area contributed by atoms with Gasteiger partial charge in [-0.25, -0.2) is 28.6 Å². The third-order valence-corrected chi connectivity index (χ3v) is 7.17. The van der Waals surface area contributed by atoms with E-state index in [1.54, 1.807) is 0 Å². The van der Waals surface area contributed by atoms with Gasteiger partial charge in [0.2, 0.25) is 0 Å². The molecular formula is C11H18N5O13P3. The highest BCUT2D eigenvalue weighted by Crippen LogP contribution is 2.60. The number of anilines is 1. The minimum Gasteiger partial charge on any atom is -0.386 e. The number of aromatic nitrogens is 4. The zero-order valence-corrected chi connectivity index (χ0v) is 18.6. The molecule has 0 saturated carbocycles. The summed E-state index contributed by atoms with van der Waals surface area (Å²) in [4.78, 5) is 48.7. The second kappa shape index (κ2) is 9.12. The first kappa shape index (κ1) is 25.3. The van der Waals surface area contributed by atoms with E-state index >= 15 is 0 Å². The molecule has 6 atom stereocenters. The Labute approximate surface area is 178 Å². The van der Waals surface area contributed by atoms with Gasteiger partial charge in [0.15, 0.2) is 17.7 Å². The number of hydrogen-bond donors (Lipinski definition) is 6. The van der Waals surface area contributed by atoms with E-state index in [-0.39, 0.29) is 17.0 Å². The van der Waals surface area contributed by atoms with Gasteiger partial charge in [-0.1, -0.05) is 0 Å². The average Bonchev–Trinajstić information content (AvgIpc) is 3.21. The largest absolute Gasteiger partial charge is 0.481 e. The summed E-state index contributed by atoms with van der Waals surface area (Å²) in [6.45, 7) is -0.973. The lowest BCUT2D eigenvalue weighted by molar-refractivity contribution is -0.0502. The van der Waals surface area contributed by atoms with Crippen LogP contribution in [0.15, 0.2) is 12.7 Å². The van der Waals surface area contributed by atoms with Crippen LogP contribution in [0.1, 0.15) is 6.23 Å². The monoisotopic (exact) mass is 521 g/mol. The van der Waals surface area contributed by atoms with E-state index in [0.717, 1.165) is 24.3 Å². The van der Waals surface area contributed by atoms with E-state index in [1.165, 1.54) is 0 Å². The van der Waals surface area contributed by atoms with Crippen LogP contribution in [0.2, 0.25) is 0 Å². The van der Waals surface area contributed by atoms with Crippen molar-refractivity contribution in [3.63, 3.8) is 0 Å². The van der Waals surface area contributed by atoms with Crippen LogP contribution >= 0.6 is 23.5 Å². The summed E-state index contributed by atoms with van der Waals surface area (Å²) in [5, 5.41) is 10.6. The molecule has 1 fully saturated rings. The summed E-state index contributed by atoms with van der Waals surface area (Å²) >= 11 is 0. The molecule has 0 aromatic carbocycles. The maximum atomic E-state index is 11.9. The lowest BCUT2D eigenvalue weighted by atomic mass is 10.1. The number of hydrogen-bond acceptors (Lipinski definition) is 13. The number of nitrogens with two attached hydrogens (primary N) is 1. The van der Waals surface area contributed by atoms with Gasteiger partial charge in [-0.2, -0.15) is 4.31 Å². The molecule has 1 aliphatic rings. The van der Waals surface area contributed by atoms with Gasteiger partial charge in [-0.3, -0.25) is 18.1 Å². The molecule has 0 amide bonds. The summed E-state index contributed by atoms with van der Waals surface area (Å²) in [6, 6.07) is 0. The van der Waals surface area contributed by atoms with Gasteiger partial charge >= 0.3 is 23.5 Å². The minimum atomic E-state index is -5.21. The van der Waals surface area contributed by atoms with Crippen molar-refractivity contribution in [3.8, 4) is 0 Å². The number of aliphatic hydroxyl groups excluding tert-OH is 1. The summed E-state index contributed by atoms with van der Waals surface area (Å²) in [5.74, 6) is 0.00841. The predicted octanol–water partition coefficient (Wildman–Crippen LogP) is -0.975. The van der Waals surface area contributed by atoms with Crippen LogP contribution in [0.4, 0.5) is 5.82 Å². The Kier molecular flexibility index (Phi) is 7.20. The maximum absolute atomic E-state index is 11.9. The fraction of sp³-hybridized carbons (Fsp3) is 0.545. The van der Waals surface area contributed by atoms with Gasteiger partial charge in [0, 0.05) is 7.11 Å². The predicted molar refractivity (Wildman–Crippen MR) is 100 cm³/mol. The van der Waals surface area contributed by atoms with Gasteiger partial charge in [-0.15, -0.1) is 0 Å². The minimum absolute atomic E-state index is 0.00841. The molecule has 32 heavy (non-hydrogen) atoms. The van der Waals surface area contributed by atoms with Crippen molar-refractivity contribution in [3.05, 3.63) is 12.7 Å². The van der Waals surface area contributed by atoms with Crippen molar-refractivity contribution < 1.29 is 61.0 Å². The molecule has 18 nitrogen and oxygen atoms in total. The molecule has 0 radical (unpaired) electrons. The highest BCUT2D eigenvalue weighted by Gasteiger charge is 2.50. The van der Waals surface area contributed by atoms with E-state index in [0.29, 0.717) is 0 Å². The number of aliphatic hydroxyl groups is 1. The number of phosphoric acid groups is 3. The third kappa shape index (κ3) is 5.76. The standard InChI is InChI=1S/C11H18N5O13P3/c1-25-31(21,22)29-32(23,24)26-2-5-8(28-30(18,19)20)7(17)11(27-5)16-4-15-6-9(12)13-3-14-10(6)16/h3-5,7-8,11,17H,2H2,1H3,(H,21,22)(H,23,24)(H2,12,13,14)(H2,18,19,20)/t5-,7-,8-,11-/m1/s1. The summed E-state index contributed by atoms with van der Waals surface area (Å²) in [5.41, 5.74) is 5.93. The van der Waals surface area contributed by atoms with Crippen molar-refractivity contribution in [2.75, 3.05) is 19.5 Å². The average molecular weight is 521 g/mol. The van der Waals surface area contributed by atoms with Crippen LogP contribution in [-0.2, 0) is 36.3 Å². The molecule has 180 valence electrons. The molecule has 1 saturated heterocycles. The molecule has 0 spiro atoms. The Morgan fingerprint density at radius 3 is 2.47 bits per heavy atom. The number of nitrogen functional groups attached to an aromatic ring is 1. The Hall–Kier alpha value is -1.36. The SMILES string of the molecule is COP(=O)(O)OP(=O)(O)OC[C@H]1O[C@@H](n2cnc3c(N)ncnc32)[C@H](O)[C@@H]1OP(=O)(O)O. The highest BCUT2D eigenvalue weighted by atomic mass is 31.3. The first-order chi connectivity index (χ1) is 14.7. The second-order valence-corrected chi connectivity index (χ2v) is 10.5. The topological polar surface area (TPSA) is 268 Å². The number of phosphoric ester groups is 3. The van der Waals surface area contributed by atoms with Gasteiger partial charge in [0.1, 0.15) is 30.2 Å². The molecule has 1 aliphatic heterocycles. The van der Waals surface area contributed by atoms with E-state index < -0.39 is 54.6 Å². The van der Waals surface area contributed by atoms with Crippen LogP contribution in [0.5, 0.6) is 0 Å². The van der Waals surface area contributed by atoms with Crippen molar-refractivity contribution in [2.45, 2.75) is 24.5 Å². The van der Waals surface area contributed by atoms with Gasteiger partial charge < -0.3 is 35.2 Å². The fourth-order valence-electron chi connectivity index (χ4n) is 2.78. The molecule has 21 heteroatoms. The smallest absolute Gasteiger partial charge is 0.386 e. The van der Waals surface area contributed by atoms with Gasteiger partial charge in [0.05, 0.1) is 12.9 Å². The van der Waals surface area contributed by atoms with Crippen molar-refractivity contribution in [1.82, 2.24) is 19.5 Å². The van der Waals surface area contributed by atoms with Crippen molar-refractivity contribution in [1.29, 1.82) is 0 Å². The Balaban J connectivity index is 1.85. The lowest BCUT2D eigenvalue weighted by Crippen LogP contribution is -2.35. The molecule has 2 unspecified atom stereocenters. The number of nitrogens with zero attached hydrogens (tertiary/aromatic N) is 4. The molecule has 7 N–H and O–H groups in total. The van der Waals surface area contributed by atoms with Crippen molar-refractivity contribution >= 4 is 40.4 Å². The van der Waals surface area contributed by atoms with Crippen LogP contribution in [0.25, 0.3) is 11.2 Å².